The van der Waals surface area contributed by atoms with Gasteiger partial charge in [0.15, 0.2) is 0 Å². The van der Waals surface area contributed by atoms with Crippen LogP contribution in [0.15, 0.2) is 0 Å². The lowest BCUT2D eigenvalue weighted by Gasteiger charge is -2.26. The molecule has 0 aliphatic carbocycles. The number of rotatable bonds is 7. The summed E-state index contributed by atoms with van der Waals surface area (Å²) < 4.78 is 0.930. The molecule has 0 aliphatic rings. The normalized spacial score (nSPS) is 14.5. The number of carbonyl (C=O) groups excluding carboxylic acids is 1. The maximum Gasteiger partial charge on any atom is 0.225 e. The number of amides is 1. The first-order valence-electron chi connectivity index (χ1n) is 6.39. The van der Waals surface area contributed by atoms with Crippen LogP contribution in [0, 0.1) is 5.41 Å². The fraction of sp³-hybridized carbons (Fsp3) is 0.923. The SMILES string of the molecule is CC(N)CC(C)(C)C(=O)NCCC[N+](C)(C)C. The predicted octanol–water partition coefficient (Wildman–Crippen LogP) is 0.962. The summed E-state index contributed by atoms with van der Waals surface area (Å²) in [5.41, 5.74) is 5.38. The number of hydrogen-bond donors (Lipinski definition) is 2. The van der Waals surface area contributed by atoms with Gasteiger partial charge in [-0.3, -0.25) is 4.79 Å². The second-order valence-electron chi connectivity index (χ2n) is 6.69. The van der Waals surface area contributed by atoms with Crippen LogP contribution in [0.4, 0.5) is 0 Å². The number of hydrogen-bond acceptors (Lipinski definition) is 2. The molecule has 4 nitrogen and oxygen atoms in total. The predicted molar refractivity (Wildman–Crippen MR) is 72.6 cm³/mol. The van der Waals surface area contributed by atoms with Gasteiger partial charge in [0.2, 0.25) is 5.91 Å². The van der Waals surface area contributed by atoms with Crippen molar-refractivity contribution >= 4 is 5.91 Å². The molecule has 17 heavy (non-hydrogen) atoms. The maximum atomic E-state index is 12.0. The topological polar surface area (TPSA) is 55.1 Å². The lowest BCUT2D eigenvalue weighted by molar-refractivity contribution is -0.870. The van der Waals surface area contributed by atoms with Crippen LogP contribution in [0.2, 0.25) is 0 Å². The van der Waals surface area contributed by atoms with Gasteiger partial charge in [-0.25, -0.2) is 0 Å². The molecule has 0 fully saturated rings. The second kappa shape index (κ2) is 6.36. The van der Waals surface area contributed by atoms with E-state index >= 15 is 0 Å². The van der Waals surface area contributed by atoms with Gasteiger partial charge in [-0.2, -0.15) is 0 Å². The van der Waals surface area contributed by atoms with Gasteiger partial charge in [0, 0.05) is 24.4 Å². The molecule has 0 saturated carbocycles. The van der Waals surface area contributed by atoms with Gasteiger partial charge in [-0.1, -0.05) is 13.8 Å². The summed E-state index contributed by atoms with van der Waals surface area (Å²) in [4.78, 5) is 12.0. The van der Waals surface area contributed by atoms with Crippen LogP contribution in [0.5, 0.6) is 0 Å². The van der Waals surface area contributed by atoms with E-state index in [0.717, 1.165) is 24.0 Å². The Hall–Kier alpha value is -0.610. The molecule has 0 saturated heterocycles. The smallest absolute Gasteiger partial charge is 0.225 e. The third kappa shape index (κ3) is 8.16. The minimum Gasteiger partial charge on any atom is -0.355 e. The third-order valence-corrected chi connectivity index (χ3v) is 2.74. The molecule has 0 heterocycles. The van der Waals surface area contributed by atoms with Crippen molar-refractivity contribution in [2.45, 2.75) is 39.7 Å². The molecule has 0 aliphatic heterocycles. The van der Waals surface area contributed by atoms with Gasteiger partial charge >= 0.3 is 0 Å². The second-order valence-corrected chi connectivity index (χ2v) is 6.69. The first-order valence-corrected chi connectivity index (χ1v) is 6.39. The highest BCUT2D eigenvalue weighted by molar-refractivity contribution is 5.81. The van der Waals surface area contributed by atoms with E-state index in [4.69, 9.17) is 5.73 Å². The van der Waals surface area contributed by atoms with Gasteiger partial charge in [0.25, 0.3) is 0 Å². The van der Waals surface area contributed by atoms with E-state index in [-0.39, 0.29) is 17.4 Å². The number of nitrogens with one attached hydrogen (secondary N) is 1. The molecule has 0 aromatic carbocycles. The van der Waals surface area contributed by atoms with E-state index in [1.54, 1.807) is 0 Å². The van der Waals surface area contributed by atoms with E-state index < -0.39 is 0 Å². The molecular formula is C13H30N3O+. The maximum absolute atomic E-state index is 12.0. The van der Waals surface area contributed by atoms with Crippen LogP contribution >= 0.6 is 0 Å². The molecule has 102 valence electrons. The van der Waals surface area contributed by atoms with Crippen molar-refractivity contribution in [2.75, 3.05) is 34.2 Å². The summed E-state index contributed by atoms with van der Waals surface area (Å²) in [6.45, 7) is 7.65. The largest absolute Gasteiger partial charge is 0.355 e. The Morgan fingerprint density at radius 3 is 2.29 bits per heavy atom. The van der Waals surface area contributed by atoms with Gasteiger partial charge in [-0.05, 0) is 13.3 Å². The van der Waals surface area contributed by atoms with Crippen LogP contribution < -0.4 is 11.1 Å². The minimum atomic E-state index is -0.370. The Bertz CT molecular complexity index is 242. The molecular weight excluding hydrogens is 214 g/mol. The molecule has 0 bridgehead atoms. The molecule has 1 unspecified atom stereocenters. The van der Waals surface area contributed by atoms with E-state index in [0.29, 0.717) is 6.42 Å². The van der Waals surface area contributed by atoms with E-state index in [2.05, 4.69) is 26.5 Å². The zero-order valence-corrected chi connectivity index (χ0v) is 12.3. The van der Waals surface area contributed by atoms with Crippen LogP contribution in [0.1, 0.15) is 33.6 Å². The van der Waals surface area contributed by atoms with Crippen molar-refractivity contribution in [2.24, 2.45) is 11.1 Å². The number of quaternary nitrogens is 1. The quantitative estimate of drug-likeness (QED) is 0.518. The first kappa shape index (κ1) is 16.4. The van der Waals surface area contributed by atoms with Gasteiger partial charge < -0.3 is 15.5 Å². The minimum absolute atomic E-state index is 0.0574. The summed E-state index contributed by atoms with van der Waals surface area (Å²) in [6.07, 6.45) is 1.72. The van der Waals surface area contributed by atoms with Gasteiger partial charge in [0.1, 0.15) is 0 Å². The average molecular weight is 244 g/mol. The zero-order chi connectivity index (χ0) is 13.7. The van der Waals surface area contributed by atoms with Gasteiger partial charge in [-0.15, -0.1) is 0 Å². The molecule has 0 aromatic rings. The Morgan fingerprint density at radius 1 is 1.35 bits per heavy atom. The summed E-state index contributed by atoms with van der Waals surface area (Å²) in [7, 11) is 6.46. The standard InChI is InChI=1S/C13H29N3O/c1-11(14)10-13(2,3)12(17)15-8-7-9-16(4,5)6/h11H,7-10,14H2,1-6H3/p+1. The number of nitrogens with zero attached hydrogens (tertiary/aromatic N) is 1. The third-order valence-electron chi connectivity index (χ3n) is 2.74. The van der Waals surface area contributed by atoms with Crippen LogP contribution in [-0.2, 0) is 4.79 Å². The zero-order valence-electron chi connectivity index (χ0n) is 12.3. The average Bonchev–Trinajstić information content (AvgIpc) is 2.08. The molecule has 0 aromatic heterocycles. The lowest BCUT2D eigenvalue weighted by Crippen LogP contribution is -2.42. The van der Waals surface area contributed by atoms with Crippen molar-refractivity contribution in [3.63, 3.8) is 0 Å². The van der Waals surface area contributed by atoms with Crippen molar-refractivity contribution in [1.29, 1.82) is 0 Å². The Kier molecular flexibility index (Phi) is 6.13. The molecule has 0 rings (SSSR count). The highest BCUT2D eigenvalue weighted by atomic mass is 16.2. The highest BCUT2D eigenvalue weighted by Crippen LogP contribution is 2.21. The van der Waals surface area contributed by atoms with Crippen LogP contribution in [0.3, 0.4) is 0 Å². The Balaban J connectivity index is 3.94. The molecule has 0 spiro atoms. The van der Waals surface area contributed by atoms with E-state index in [1.165, 1.54) is 0 Å². The van der Waals surface area contributed by atoms with E-state index in [1.807, 2.05) is 20.8 Å². The summed E-state index contributed by atoms with van der Waals surface area (Å²) in [6, 6.07) is 0.0574. The van der Waals surface area contributed by atoms with Crippen molar-refractivity contribution in [3.05, 3.63) is 0 Å². The number of carbonyl (C=O) groups is 1. The summed E-state index contributed by atoms with van der Waals surface area (Å²) >= 11 is 0. The van der Waals surface area contributed by atoms with Crippen LogP contribution in [-0.4, -0.2) is 50.7 Å². The summed E-state index contributed by atoms with van der Waals surface area (Å²) in [5.74, 6) is 0.108. The van der Waals surface area contributed by atoms with Gasteiger partial charge in [0.05, 0.1) is 27.7 Å². The molecule has 1 amide bonds. The number of nitrogens with two attached hydrogens (primary N) is 1. The Labute approximate surface area is 106 Å². The Morgan fingerprint density at radius 2 is 1.88 bits per heavy atom. The molecule has 3 N–H and O–H groups in total. The summed E-state index contributed by atoms with van der Waals surface area (Å²) in [5, 5.41) is 3.00. The molecule has 1 atom stereocenters. The fourth-order valence-electron chi connectivity index (χ4n) is 1.89. The van der Waals surface area contributed by atoms with Crippen molar-refractivity contribution < 1.29 is 9.28 Å². The first-order chi connectivity index (χ1) is 7.54. The van der Waals surface area contributed by atoms with Crippen molar-refractivity contribution in [1.82, 2.24) is 5.32 Å². The lowest BCUT2D eigenvalue weighted by atomic mass is 9.85. The van der Waals surface area contributed by atoms with Crippen molar-refractivity contribution in [3.8, 4) is 0 Å². The van der Waals surface area contributed by atoms with E-state index in [9.17, 15) is 4.79 Å². The van der Waals surface area contributed by atoms with Crippen LogP contribution in [0.25, 0.3) is 0 Å². The monoisotopic (exact) mass is 244 g/mol. The molecule has 4 heteroatoms. The highest BCUT2D eigenvalue weighted by Gasteiger charge is 2.28. The fourth-order valence-corrected chi connectivity index (χ4v) is 1.89. The molecule has 0 radical (unpaired) electrons.